The first-order valence-electron chi connectivity index (χ1n) is 4.95. The Bertz CT molecular complexity index is 500. The van der Waals surface area contributed by atoms with E-state index in [1.807, 2.05) is 0 Å². The number of halogens is 1. The third-order valence-corrected chi connectivity index (χ3v) is 4.50. The van der Waals surface area contributed by atoms with Crippen LogP contribution in [0.3, 0.4) is 0 Å². The van der Waals surface area contributed by atoms with Crippen LogP contribution in [0, 0.1) is 5.82 Å². The molecule has 6 heteroatoms. The van der Waals surface area contributed by atoms with E-state index in [0.29, 0.717) is 24.7 Å². The molecule has 1 fully saturated rings. The molecule has 1 heterocycles. The summed E-state index contributed by atoms with van der Waals surface area (Å²) in [6.07, 6.45) is 0. The summed E-state index contributed by atoms with van der Waals surface area (Å²) in [5, 5.41) is 0. The highest BCUT2D eigenvalue weighted by atomic mass is 32.2. The maximum absolute atomic E-state index is 13.6. The van der Waals surface area contributed by atoms with Crippen LogP contribution in [0.25, 0.3) is 0 Å². The lowest BCUT2D eigenvalue weighted by molar-refractivity contribution is 0.158. The highest BCUT2D eigenvalue weighted by molar-refractivity contribution is 7.93. The molecule has 0 aromatic heterocycles. The lowest BCUT2D eigenvalue weighted by Crippen LogP contribution is -2.25. The van der Waals surface area contributed by atoms with Gasteiger partial charge in [-0.2, -0.15) is 4.36 Å². The van der Waals surface area contributed by atoms with Crippen molar-refractivity contribution in [2.24, 2.45) is 4.36 Å². The fourth-order valence-electron chi connectivity index (χ4n) is 1.46. The number of hydrogen-bond donors (Lipinski definition) is 0. The molecule has 84 valence electrons. The first-order valence-corrected chi connectivity index (χ1v) is 6.80. The number of ether oxygens (including phenoxy) is 1. The summed E-state index contributed by atoms with van der Waals surface area (Å²) < 4.78 is 34.8. The smallest absolute Gasteiger partial charge is 0.142 e. The molecule has 0 aliphatic carbocycles. The van der Waals surface area contributed by atoms with Crippen LogP contribution in [-0.4, -0.2) is 36.8 Å². The molecule has 0 bridgehead atoms. The lowest BCUT2D eigenvalue weighted by Gasteiger charge is -2.16. The third kappa shape index (κ3) is 2.44. The molecule has 0 spiro atoms. The Morgan fingerprint density at radius 1 is 1.38 bits per heavy atom. The van der Waals surface area contributed by atoms with Crippen molar-refractivity contribution in [2.75, 3.05) is 24.7 Å². The highest BCUT2D eigenvalue weighted by Gasteiger charge is 2.16. The second-order valence-corrected chi connectivity index (χ2v) is 6.11. The molecule has 0 amide bonds. The molecule has 16 heavy (non-hydrogen) atoms. The minimum Gasteiger partial charge on any atom is -0.379 e. The molecular weight excluding hydrogens is 228 g/mol. The average molecular weight is 239 g/mol. The second kappa shape index (κ2) is 4.55. The fraction of sp³-hybridized carbons (Fsp3) is 0.400. The largest absolute Gasteiger partial charge is 0.379 e. The molecular formula is C10H11BFNO2S. The number of hydrogen-bond acceptors (Lipinski definition) is 3. The molecule has 2 radical (unpaired) electrons. The molecule has 0 saturated carbocycles. The van der Waals surface area contributed by atoms with E-state index in [-0.39, 0.29) is 11.2 Å². The summed E-state index contributed by atoms with van der Waals surface area (Å²) in [7, 11) is 3.04. The summed E-state index contributed by atoms with van der Waals surface area (Å²) >= 11 is 0. The van der Waals surface area contributed by atoms with Gasteiger partial charge in [0.25, 0.3) is 0 Å². The molecule has 1 aromatic rings. The molecule has 0 atom stereocenters. The van der Waals surface area contributed by atoms with Crippen LogP contribution in [-0.2, 0) is 14.5 Å². The number of benzene rings is 1. The van der Waals surface area contributed by atoms with Crippen molar-refractivity contribution in [2.45, 2.75) is 0 Å². The molecule has 1 saturated heterocycles. The van der Waals surface area contributed by atoms with Crippen LogP contribution in [0.4, 0.5) is 10.1 Å². The minimum atomic E-state index is -2.38. The van der Waals surface area contributed by atoms with Crippen LogP contribution in [0.15, 0.2) is 22.6 Å². The van der Waals surface area contributed by atoms with E-state index in [1.165, 1.54) is 12.1 Å². The van der Waals surface area contributed by atoms with Gasteiger partial charge in [-0.1, -0.05) is 17.6 Å². The zero-order chi connectivity index (χ0) is 11.6. The van der Waals surface area contributed by atoms with Gasteiger partial charge in [0.05, 0.1) is 34.4 Å². The maximum Gasteiger partial charge on any atom is 0.142 e. The van der Waals surface area contributed by atoms with Crippen molar-refractivity contribution in [3.05, 3.63) is 24.0 Å². The van der Waals surface area contributed by atoms with E-state index in [2.05, 4.69) is 4.36 Å². The Morgan fingerprint density at radius 2 is 2.06 bits per heavy atom. The predicted octanol–water partition coefficient (Wildman–Crippen LogP) is 0.749. The van der Waals surface area contributed by atoms with E-state index in [4.69, 9.17) is 12.6 Å². The molecule has 0 N–H and O–H groups in total. The van der Waals surface area contributed by atoms with Gasteiger partial charge in [-0.05, 0) is 6.07 Å². The van der Waals surface area contributed by atoms with E-state index in [0.717, 1.165) is 0 Å². The summed E-state index contributed by atoms with van der Waals surface area (Å²) in [6, 6.07) is 4.53. The van der Waals surface area contributed by atoms with Crippen LogP contribution in [0.5, 0.6) is 0 Å². The Hall–Kier alpha value is -0.875. The van der Waals surface area contributed by atoms with Crippen LogP contribution >= 0.6 is 0 Å². The van der Waals surface area contributed by atoms with Gasteiger partial charge in [0.1, 0.15) is 19.4 Å². The van der Waals surface area contributed by atoms with Crippen molar-refractivity contribution < 1.29 is 13.3 Å². The quantitative estimate of drug-likeness (QED) is 0.678. The van der Waals surface area contributed by atoms with Gasteiger partial charge in [-0.15, -0.1) is 0 Å². The summed E-state index contributed by atoms with van der Waals surface area (Å²) in [4.78, 5) is 0. The molecule has 0 unspecified atom stereocenters. The normalized spacial score (nSPS) is 19.3. The van der Waals surface area contributed by atoms with Gasteiger partial charge in [-0.3, -0.25) is 0 Å². The summed E-state index contributed by atoms with van der Waals surface area (Å²) in [6.45, 7) is 0.818. The van der Waals surface area contributed by atoms with Gasteiger partial charge < -0.3 is 4.74 Å². The van der Waals surface area contributed by atoms with Crippen LogP contribution in [0.2, 0.25) is 0 Å². The van der Waals surface area contributed by atoms with E-state index in [1.54, 1.807) is 6.07 Å². The molecule has 2 rings (SSSR count). The van der Waals surface area contributed by atoms with E-state index >= 15 is 0 Å². The van der Waals surface area contributed by atoms with E-state index in [9.17, 15) is 8.60 Å². The van der Waals surface area contributed by atoms with Crippen LogP contribution in [0.1, 0.15) is 0 Å². The number of nitrogens with zero attached hydrogens (tertiary/aromatic N) is 1. The van der Waals surface area contributed by atoms with Gasteiger partial charge in [0.2, 0.25) is 0 Å². The zero-order valence-corrected chi connectivity index (χ0v) is 9.50. The van der Waals surface area contributed by atoms with Crippen LogP contribution < -0.4 is 5.46 Å². The fourth-order valence-corrected chi connectivity index (χ4v) is 3.10. The zero-order valence-electron chi connectivity index (χ0n) is 8.69. The molecule has 1 aliphatic rings. The predicted molar refractivity (Wildman–Crippen MR) is 62.6 cm³/mol. The number of rotatable bonds is 1. The summed E-state index contributed by atoms with van der Waals surface area (Å²) in [5.41, 5.74) is 0.100. The van der Waals surface area contributed by atoms with Gasteiger partial charge in [0.15, 0.2) is 0 Å². The minimum absolute atomic E-state index is 0.0244. The SMILES string of the molecule is [B]c1cccc(N=S2(=O)CCOCC2)c1F. The van der Waals surface area contributed by atoms with Crippen molar-refractivity contribution >= 4 is 28.7 Å². The Balaban J connectivity index is 2.42. The van der Waals surface area contributed by atoms with Crippen molar-refractivity contribution in [1.29, 1.82) is 0 Å². The monoisotopic (exact) mass is 239 g/mol. The van der Waals surface area contributed by atoms with Crippen molar-refractivity contribution in [3.63, 3.8) is 0 Å². The topological polar surface area (TPSA) is 38.7 Å². The second-order valence-electron chi connectivity index (χ2n) is 3.56. The van der Waals surface area contributed by atoms with Gasteiger partial charge in [0, 0.05) is 0 Å². The third-order valence-electron chi connectivity index (χ3n) is 2.37. The maximum atomic E-state index is 13.6. The first kappa shape index (κ1) is 11.6. The van der Waals surface area contributed by atoms with Gasteiger partial charge in [-0.25, -0.2) is 8.60 Å². The molecule has 3 nitrogen and oxygen atoms in total. The molecule has 1 aliphatic heterocycles. The first-order chi connectivity index (χ1) is 7.61. The van der Waals surface area contributed by atoms with Gasteiger partial charge >= 0.3 is 0 Å². The Morgan fingerprint density at radius 3 is 2.75 bits per heavy atom. The standard InChI is InChI=1S/C10H11BFNO2S/c11-8-2-1-3-9(10(8)12)13-16(14)6-4-15-5-7-16/h1-3H,4-7H2. The average Bonchev–Trinajstić information content (AvgIpc) is 2.26. The van der Waals surface area contributed by atoms with Crippen molar-refractivity contribution in [3.8, 4) is 0 Å². The molecule has 1 aromatic carbocycles. The van der Waals surface area contributed by atoms with Crippen molar-refractivity contribution in [1.82, 2.24) is 0 Å². The highest BCUT2D eigenvalue weighted by Crippen LogP contribution is 2.19. The van der Waals surface area contributed by atoms with E-state index < -0.39 is 15.5 Å². The Labute approximate surface area is 95.6 Å². The Kier molecular flexibility index (Phi) is 3.30. The lowest BCUT2D eigenvalue weighted by atomic mass is 9.95. The summed E-state index contributed by atoms with van der Waals surface area (Å²) in [5.74, 6) is 0.0966.